The lowest BCUT2D eigenvalue weighted by Gasteiger charge is -2.23. The van der Waals surface area contributed by atoms with Gasteiger partial charge in [-0.2, -0.15) is 5.10 Å². The maximum absolute atomic E-state index is 5.91. The summed E-state index contributed by atoms with van der Waals surface area (Å²) in [5.41, 5.74) is 2.33. The molecule has 5 nitrogen and oxygen atoms in total. The highest BCUT2D eigenvalue weighted by Gasteiger charge is 2.20. The zero-order chi connectivity index (χ0) is 16.6. The lowest BCUT2D eigenvalue weighted by molar-refractivity contribution is -0.0366. The average Bonchev–Trinajstić information content (AvgIpc) is 3.10. The number of hydrogen-bond acceptors (Lipinski definition) is 4. The number of hydrogen-bond donors (Lipinski definition) is 0. The molecule has 4 heterocycles. The summed E-state index contributed by atoms with van der Waals surface area (Å²) in [4.78, 5) is 4.75. The van der Waals surface area contributed by atoms with Crippen LogP contribution in [0.1, 0.15) is 49.9 Å². The molecule has 0 saturated carbocycles. The van der Waals surface area contributed by atoms with Gasteiger partial charge >= 0.3 is 0 Å². The van der Waals surface area contributed by atoms with Crippen LogP contribution in [-0.4, -0.2) is 34.6 Å². The first kappa shape index (κ1) is 15.3. The molecule has 0 spiro atoms. The summed E-state index contributed by atoms with van der Waals surface area (Å²) >= 11 is 0. The molecule has 3 aromatic rings. The molecule has 5 rings (SSSR count). The summed E-state index contributed by atoms with van der Waals surface area (Å²) in [5, 5.41) is 8.19. The van der Waals surface area contributed by atoms with Crippen molar-refractivity contribution in [3.05, 3.63) is 36.3 Å². The van der Waals surface area contributed by atoms with Crippen molar-refractivity contribution in [1.29, 1.82) is 0 Å². The molecule has 5 heteroatoms. The molecular formula is C20H23N3O2. The molecule has 0 aliphatic carbocycles. The SMILES string of the molecule is c1nc(C2CCOCC2)cc2cc3cnn(C4CCCCO4)c3cc12. The second kappa shape index (κ2) is 6.39. The standard InChI is InChI=1S/C20H23N3O2/c1-2-6-25-20(3-1)23-19-11-16-12-21-18(14-4-7-24-8-5-14)10-15(16)9-17(19)13-22-23/h9-14,20H,1-8H2. The average molecular weight is 337 g/mol. The minimum Gasteiger partial charge on any atom is -0.381 e. The van der Waals surface area contributed by atoms with E-state index in [1.54, 1.807) is 0 Å². The maximum atomic E-state index is 5.91. The largest absolute Gasteiger partial charge is 0.381 e. The van der Waals surface area contributed by atoms with Crippen molar-refractivity contribution in [2.75, 3.05) is 19.8 Å². The summed E-state index contributed by atoms with van der Waals surface area (Å²) < 4.78 is 13.4. The lowest BCUT2D eigenvalue weighted by Crippen LogP contribution is -2.18. The third-order valence-electron chi connectivity index (χ3n) is 5.52. The van der Waals surface area contributed by atoms with Crippen LogP contribution in [0.4, 0.5) is 0 Å². The van der Waals surface area contributed by atoms with Gasteiger partial charge in [0.15, 0.2) is 6.23 Å². The minimum atomic E-state index is 0.0678. The van der Waals surface area contributed by atoms with Gasteiger partial charge in [0.25, 0.3) is 0 Å². The molecule has 25 heavy (non-hydrogen) atoms. The fourth-order valence-electron chi connectivity index (χ4n) is 4.07. The smallest absolute Gasteiger partial charge is 0.150 e. The molecule has 2 saturated heterocycles. The van der Waals surface area contributed by atoms with Gasteiger partial charge in [0, 0.05) is 48.4 Å². The van der Waals surface area contributed by atoms with E-state index < -0.39 is 0 Å². The van der Waals surface area contributed by atoms with E-state index in [4.69, 9.17) is 14.5 Å². The first-order chi connectivity index (χ1) is 12.4. The molecule has 2 aromatic heterocycles. The Balaban J connectivity index is 1.54. The second-order valence-electron chi connectivity index (χ2n) is 7.16. The monoisotopic (exact) mass is 337 g/mol. The van der Waals surface area contributed by atoms with E-state index in [9.17, 15) is 0 Å². The molecule has 0 amide bonds. The Morgan fingerprint density at radius 1 is 0.880 bits per heavy atom. The van der Waals surface area contributed by atoms with E-state index >= 15 is 0 Å². The van der Waals surface area contributed by atoms with Crippen LogP contribution >= 0.6 is 0 Å². The van der Waals surface area contributed by atoms with Gasteiger partial charge < -0.3 is 9.47 Å². The molecule has 0 radical (unpaired) electrons. The highest BCUT2D eigenvalue weighted by atomic mass is 16.5. The molecule has 1 unspecified atom stereocenters. The Hall–Kier alpha value is -1.98. The second-order valence-corrected chi connectivity index (χ2v) is 7.16. The van der Waals surface area contributed by atoms with Crippen molar-refractivity contribution >= 4 is 21.7 Å². The summed E-state index contributed by atoms with van der Waals surface area (Å²) in [6.07, 6.45) is 9.57. The maximum Gasteiger partial charge on any atom is 0.150 e. The fourth-order valence-corrected chi connectivity index (χ4v) is 4.07. The van der Waals surface area contributed by atoms with Gasteiger partial charge in [0.2, 0.25) is 0 Å². The van der Waals surface area contributed by atoms with Crippen molar-refractivity contribution in [3.63, 3.8) is 0 Å². The first-order valence-corrected chi connectivity index (χ1v) is 9.35. The summed E-state index contributed by atoms with van der Waals surface area (Å²) in [6, 6.07) is 6.69. The van der Waals surface area contributed by atoms with Gasteiger partial charge in [-0.1, -0.05) is 0 Å². The Morgan fingerprint density at radius 3 is 2.64 bits per heavy atom. The first-order valence-electron chi connectivity index (χ1n) is 9.35. The Kier molecular flexibility index (Phi) is 3.91. The van der Waals surface area contributed by atoms with Crippen molar-refractivity contribution in [2.24, 2.45) is 0 Å². The van der Waals surface area contributed by atoms with Gasteiger partial charge in [-0.3, -0.25) is 4.98 Å². The van der Waals surface area contributed by atoms with Crippen LogP contribution in [0, 0.1) is 0 Å². The highest BCUT2D eigenvalue weighted by Crippen LogP contribution is 2.31. The quantitative estimate of drug-likeness (QED) is 0.704. The molecule has 0 N–H and O–H groups in total. The molecular weight excluding hydrogens is 314 g/mol. The van der Waals surface area contributed by atoms with Crippen LogP contribution in [0.5, 0.6) is 0 Å². The molecule has 0 bridgehead atoms. The number of pyridine rings is 1. The molecule has 1 atom stereocenters. The van der Waals surface area contributed by atoms with Crippen LogP contribution in [-0.2, 0) is 9.47 Å². The fraction of sp³-hybridized carbons (Fsp3) is 0.500. The normalized spacial score (nSPS) is 22.6. The molecule has 2 fully saturated rings. The predicted molar refractivity (Wildman–Crippen MR) is 96.7 cm³/mol. The number of ether oxygens (including phenoxy) is 2. The highest BCUT2D eigenvalue weighted by molar-refractivity contribution is 5.96. The van der Waals surface area contributed by atoms with E-state index in [1.807, 2.05) is 17.1 Å². The number of aromatic nitrogens is 3. The van der Waals surface area contributed by atoms with Crippen LogP contribution in [0.25, 0.3) is 21.7 Å². The molecule has 2 aliphatic rings. The van der Waals surface area contributed by atoms with Gasteiger partial charge in [0.1, 0.15) is 0 Å². The number of nitrogens with zero attached hydrogens (tertiary/aromatic N) is 3. The molecule has 2 aliphatic heterocycles. The molecule has 1 aromatic carbocycles. The summed E-state index contributed by atoms with van der Waals surface area (Å²) in [7, 11) is 0. The number of fused-ring (bicyclic) bond motifs is 2. The molecule has 130 valence electrons. The van der Waals surface area contributed by atoms with Gasteiger partial charge in [0.05, 0.1) is 11.7 Å². The van der Waals surface area contributed by atoms with Crippen molar-refractivity contribution in [1.82, 2.24) is 14.8 Å². The van der Waals surface area contributed by atoms with Crippen LogP contribution in [0.3, 0.4) is 0 Å². The van der Waals surface area contributed by atoms with E-state index in [-0.39, 0.29) is 6.23 Å². The lowest BCUT2D eigenvalue weighted by atomic mass is 9.94. The summed E-state index contributed by atoms with van der Waals surface area (Å²) in [5.74, 6) is 0.521. The summed E-state index contributed by atoms with van der Waals surface area (Å²) in [6.45, 7) is 2.52. The zero-order valence-corrected chi connectivity index (χ0v) is 14.4. The van der Waals surface area contributed by atoms with Crippen molar-refractivity contribution in [2.45, 2.75) is 44.2 Å². The van der Waals surface area contributed by atoms with Crippen LogP contribution < -0.4 is 0 Å². The third-order valence-corrected chi connectivity index (χ3v) is 5.52. The Bertz CT molecular complexity index is 892. The van der Waals surface area contributed by atoms with E-state index in [0.717, 1.165) is 51.0 Å². The van der Waals surface area contributed by atoms with Crippen LogP contribution in [0.2, 0.25) is 0 Å². The number of benzene rings is 1. The van der Waals surface area contributed by atoms with Crippen LogP contribution in [0.15, 0.2) is 30.6 Å². The van der Waals surface area contributed by atoms with E-state index in [2.05, 4.69) is 23.3 Å². The zero-order valence-electron chi connectivity index (χ0n) is 14.4. The van der Waals surface area contributed by atoms with Gasteiger partial charge in [-0.05, 0) is 55.7 Å². The van der Waals surface area contributed by atoms with Crippen molar-refractivity contribution < 1.29 is 9.47 Å². The topological polar surface area (TPSA) is 49.2 Å². The van der Waals surface area contributed by atoms with E-state index in [0.29, 0.717) is 5.92 Å². The minimum absolute atomic E-state index is 0.0678. The van der Waals surface area contributed by atoms with Crippen molar-refractivity contribution in [3.8, 4) is 0 Å². The predicted octanol–water partition coefficient (Wildman–Crippen LogP) is 4.18. The third kappa shape index (κ3) is 2.81. The Morgan fingerprint density at radius 2 is 1.80 bits per heavy atom. The number of rotatable bonds is 2. The van der Waals surface area contributed by atoms with E-state index in [1.165, 1.54) is 28.3 Å². The van der Waals surface area contributed by atoms with Gasteiger partial charge in [-0.25, -0.2) is 4.68 Å². The van der Waals surface area contributed by atoms with Gasteiger partial charge in [-0.15, -0.1) is 0 Å². The Labute approximate surface area is 146 Å².